The normalized spacial score (nSPS) is 26.2. The number of ketones is 1. The Morgan fingerprint density at radius 1 is 1.15 bits per heavy atom. The van der Waals surface area contributed by atoms with Crippen molar-refractivity contribution in [3.8, 4) is 0 Å². The van der Waals surface area contributed by atoms with E-state index < -0.39 is 0 Å². The lowest BCUT2D eigenvalue weighted by molar-refractivity contribution is -0.123. The van der Waals surface area contributed by atoms with E-state index in [0.29, 0.717) is 11.7 Å². The summed E-state index contributed by atoms with van der Waals surface area (Å²) in [7, 11) is 0. The zero-order chi connectivity index (χ0) is 9.52. The summed E-state index contributed by atoms with van der Waals surface area (Å²) < 4.78 is 0. The average Bonchev–Trinajstić information content (AvgIpc) is 2.21. The summed E-state index contributed by atoms with van der Waals surface area (Å²) in [6.45, 7) is 2.18. The zero-order valence-corrected chi connectivity index (χ0v) is 8.85. The van der Waals surface area contributed by atoms with Crippen molar-refractivity contribution in [1.29, 1.82) is 0 Å². The van der Waals surface area contributed by atoms with Gasteiger partial charge in [-0.25, -0.2) is 0 Å². The molecule has 1 rings (SSSR count). The number of hydrogen-bond donors (Lipinski definition) is 0. The fourth-order valence-corrected chi connectivity index (χ4v) is 2.24. The second kappa shape index (κ2) is 6.17. The van der Waals surface area contributed by atoms with Gasteiger partial charge in [-0.1, -0.05) is 39.0 Å². The van der Waals surface area contributed by atoms with Gasteiger partial charge in [0.05, 0.1) is 0 Å². The minimum absolute atomic E-state index is 0.406. The average molecular weight is 182 g/mol. The van der Waals surface area contributed by atoms with E-state index >= 15 is 0 Å². The predicted octanol–water partition coefficient (Wildman–Crippen LogP) is 3.72. The van der Waals surface area contributed by atoms with Gasteiger partial charge in [-0.05, 0) is 19.3 Å². The summed E-state index contributed by atoms with van der Waals surface area (Å²) in [4.78, 5) is 11.7. The molecule has 1 aliphatic carbocycles. The molecule has 1 aliphatic rings. The van der Waals surface area contributed by atoms with Gasteiger partial charge >= 0.3 is 0 Å². The number of carbonyl (C=O) groups is 1. The van der Waals surface area contributed by atoms with Crippen molar-refractivity contribution in [3.05, 3.63) is 0 Å². The number of Topliss-reactive ketones (excluding diaryl/α,β-unsaturated/α-hetero) is 1. The SMILES string of the molecule is CCCC1CCCCCCCC1=O. The molecule has 0 N–H and O–H groups in total. The summed E-state index contributed by atoms with van der Waals surface area (Å²) in [6, 6.07) is 0. The smallest absolute Gasteiger partial charge is 0.135 e. The second-order valence-corrected chi connectivity index (χ2v) is 4.26. The van der Waals surface area contributed by atoms with E-state index in [1.807, 2.05) is 0 Å². The van der Waals surface area contributed by atoms with E-state index in [9.17, 15) is 4.79 Å². The number of rotatable bonds is 2. The molecule has 0 aromatic carbocycles. The molecule has 0 aromatic heterocycles. The van der Waals surface area contributed by atoms with E-state index in [1.165, 1.54) is 25.7 Å². The van der Waals surface area contributed by atoms with Gasteiger partial charge in [0.2, 0.25) is 0 Å². The lowest BCUT2D eigenvalue weighted by Gasteiger charge is -2.12. The molecule has 76 valence electrons. The molecule has 1 nitrogen and oxygen atoms in total. The van der Waals surface area contributed by atoms with Crippen molar-refractivity contribution in [2.45, 2.75) is 64.7 Å². The van der Waals surface area contributed by atoms with Crippen LogP contribution in [0.25, 0.3) is 0 Å². The highest BCUT2D eigenvalue weighted by Crippen LogP contribution is 2.22. The standard InChI is InChI=1S/C12H22O/c1-2-8-11-9-6-4-3-5-7-10-12(11)13/h11H,2-10H2,1H3. The summed E-state index contributed by atoms with van der Waals surface area (Å²) in [5, 5.41) is 0. The summed E-state index contributed by atoms with van der Waals surface area (Å²) in [6.07, 6.45) is 10.7. The molecule has 0 aliphatic heterocycles. The molecule has 0 radical (unpaired) electrons. The third-order valence-corrected chi connectivity index (χ3v) is 3.07. The first-order valence-corrected chi connectivity index (χ1v) is 5.87. The Morgan fingerprint density at radius 3 is 2.62 bits per heavy atom. The minimum Gasteiger partial charge on any atom is -0.299 e. The maximum atomic E-state index is 11.7. The van der Waals surface area contributed by atoms with Crippen LogP contribution < -0.4 is 0 Å². The number of hydrogen-bond acceptors (Lipinski definition) is 1. The molecular formula is C12H22O. The van der Waals surface area contributed by atoms with Crippen molar-refractivity contribution < 1.29 is 4.79 Å². The number of carbonyl (C=O) groups excluding carboxylic acids is 1. The molecular weight excluding hydrogens is 160 g/mol. The van der Waals surface area contributed by atoms with Crippen LogP contribution in [0.15, 0.2) is 0 Å². The van der Waals surface area contributed by atoms with Crippen molar-refractivity contribution >= 4 is 5.78 Å². The van der Waals surface area contributed by atoms with Gasteiger partial charge in [0.25, 0.3) is 0 Å². The molecule has 0 bridgehead atoms. The van der Waals surface area contributed by atoms with E-state index in [1.54, 1.807) is 0 Å². The van der Waals surface area contributed by atoms with Crippen LogP contribution in [-0.2, 0) is 4.79 Å². The van der Waals surface area contributed by atoms with Crippen molar-refractivity contribution in [2.24, 2.45) is 5.92 Å². The molecule has 0 spiro atoms. The van der Waals surface area contributed by atoms with Crippen LogP contribution in [0, 0.1) is 5.92 Å². The van der Waals surface area contributed by atoms with Gasteiger partial charge in [-0.15, -0.1) is 0 Å². The highest BCUT2D eigenvalue weighted by Gasteiger charge is 2.17. The van der Waals surface area contributed by atoms with Gasteiger partial charge in [-0.3, -0.25) is 4.79 Å². The largest absolute Gasteiger partial charge is 0.299 e. The van der Waals surface area contributed by atoms with Gasteiger partial charge < -0.3 is 0 Å². The summed E-state index contributed by atoms with van der Waals surface area (Å²) in [5.41, 5.74) is 0. The van der Waals surface area contributed by atoms with Crippen molar-refractivity contribution in [2.75, 3.05) is 0 Å². The highest BCUT2D eigenvalue weighted by atomic mass is 16.1. The first-order chi connectivity index (χ1) is 6.34. The highest BCUT2D eigenvalue weighted by molar-refractivity contribution is 5.80. The lowest BCUT2D eigenvalue weighted by Crippen LogP contribution is -2.13. The Labute approximate surface area is 81.9 Å². The van der Waals surface area contributed by atoms with Crippen LogP contribution in [0.4, 0.5) is 0 Å². The van der Waals surface area contributed by atoms with E-state index in [0.717, 1.165) is 32.1 Å². The van der Waals surface area contributed by atoms with Crippen LogP contribution in [0.2, 0.25) is 0 Å². The molecule has 1 saturated carbocycles. The van der Waals surface area contributed by atoms with Crippen LogP contribution in [-0.4, -0.2) is 5.78 Å². The van der Waals surface area contributed by atoms with Crippen molar-refractivity contribution in [1.82, 2.24) is 0 Å². The Kier molecular flexibility index (Phi) is 5.10. The molecule has 1 atom stereocenters. The van der Waals surface area contributed by atoms with E-state index in [4.69, 9.17) is 0 Å². The van der Waals surface area contributed by atoms with E-state index in [2.05, 4.69) is 6.92 Å². The summed E-state index contributed by atoms with van der Waals surface area (Å²) >= 11 is 0. The fraction of sp³-hybridized carbons (Fsp3) is 0.917. The van der Waals surface area contributed by atoms with Gasteiger partial charge in [0, 0.05) is 12.3 Å². The predicted molar refractivity (Wildman–Crippen MR) is 55.7 cm³/mol. The van der Waals surface area contributed by atoms with Crippen LogP contribution in [0.3, 0.4) is 0 Å². The van der Waals surface area contributed by atoms with Gasteiger partial charge in [-0.2, -0.15) is 0 Å². The van der Waals surface area contributed by atoms with E-state index in [-0.39, 0.29) is 0 Å². The van der Waals surface area contributed by atoms with Gasteiger partial charge in [0.1, 0.15) is 5.78 Å². The molecule has 0 amide bonds. The first-order valence-electron chi connectivity index (χ1n) is 5.87. The Hall–Kier alpha value is -0.330. The fourth-order valence-electron chi connectivity index (χ4n) is 2.24. The quantitative estimate of drug-likeness (QED) is 0.636. The third kappa shape index (κ3) is 3.93. The molecule has 1 heteroatoms. The Balaban J connectivity index is 2.40. The molecule has 1 unspecified atom stereocenters. The monoisotopic (exact) mass is 182 g/mol. The summed E-state index contributed by atoms with van der Waals surface area (Å²) in [5.74, 6) is 0.951. The molecule has 0 aromatic rings. The maximum Gasteiger partial charge on any atom is 0.135 e. The molecule has 0 saturated heterocycles. The van der Waals surface area contributed by atoms with Crippen LogP contribution >= 0.6 is 0 Å². The topological polar surface area (TPSA) is 17.1 Å². The molecule has 0 heterocycles. The Morgan fingerprint density at radius 2 is 1.85 bits per heavy atom. The van der Waals surface area contributed by atoms with Crippen molar-refractivity contribution in [3.63, 3.8) is 0 Å². The lowest BCUT2D eigenvalue weighted by atomic mass is 9.91. The van der Waals surface area contributed by atoms with Gasteiger partial charge in [0.15, 0.2) is 0 Å². The minimum atomic E-state index is 0.406. The van der Waals surface area contributed by atoms with Crippen LogP contribution in [0.1, 0.15) is 64.7 Å². The maximum absolute atomic E-state index is 11.7. The molecule has 13 heavy (non-hydrogen) atoms. The molecule has 1 fully saturated rings. The second-order valence-electron chi connectivity index (χ2n) is 4.26. The van der Waals surface area contributed by atoms with Crippen LogP contribution in [0.5, 0.6) is 0 Å². The third-order valence-electron chi connectivity index (χ3n) is 3.07. The Bertz CT molecular complexity index is 151. The first kappa shape index (κ1) is 10.7. The zero-order valence-electron chi connectivity index (χ0n) is 8.85.